The SMILES string of the molecule is [2H]C(C)(C)c1ccccc1-c1cc(Oc2ccc3c4ccccc4n(-c4cc(C(C)(C)C)ccn4)c3c2)cc(N2CN(c3c(-c4cc(F)cc(F)c4)cc(C(C)(C)C)cc3-c3cc(C(C)(C)C)cc(C(C)(C)C)c3)c3ccccc32)c1. The summed E-state index contributed by atoms with van der Waals surface area (Å²) in [6.45, 7) is 30.9. The van der Waals surface area contributed by atoms with Gasteiger partial charge in [0.25, 0.3) is 0 Å². The Bertz CT molecular complexity index is 4030. The summed E-state index contributed by atoms with van der Waals surface area (Å²) in [5, 5.41) is 2.21. The van der Waals surface area contributed by atoms with Crippen molar-refractivity contribution in [1.82, 2.24) is 9.55 Å². The van der Waals surface area contributed by atoms with E-state index in [-0.39, 0.29) is 21.7 Å². The molecule has 3 heterocycles. The molecule has 11 rings (SSSR count). The highest BCUT2D eigenvalue weighted by molar-refractivity contribution is 6.09. The van der Waals surface area contributed by atoms with E-state index in [1.54, 1.807) is 0 Å². The maximum atomic E-state index is 15.7. The van der Waals surface area contributed by atoms with Crippen molar-refractivity contribution in [2.45, 2.75) is 124 Å². The van der Waals surface area contributed by atoms with Crippen LogP contribution < -0.4 is 14.5 Å². The third-order valence-corrected chi connectivity index (χ3v) is 15.8. The number of nitrogens with zero attached hydrogens (tertiary/aromatic N) is 4. The summed E-state index contributed by atoms with van der Waals surface area (Å²) >= 11 is 0. The molecule has 0 spiro atoms. The molecular weight excluding hydrogens is 987 g/mol. The first-order valence-corrected chi connectivity index (χ1v) is 28.0. The van der Waals surface area contributed by atoms with Gasteiger partial charge < -0.3 is 14.5 Å². The van der Waals surface area contributed by atoms with Gasteiger partial charge >= 0.3 is 0 Å². The summed E-state index contributed by atoms with van der Waals surface area (Å²) in [7, 11) is 0. The lowest BCUT2D eigenvalue weighted by Crippen LogP contribution is -2.25. The third-order valence-electron chi connectivity index (χ3n) is 15.8. The second kappa shape index (κ2) is 20.0. The molecule has 0 amide bonds. The number of fused-ring (bicyclic) bond motifs is 4. The maximum Gasteiger partial charge on any atom is 0.137 e. The van der Waals surface area contributed by atoms with Gasteiger partial charge in [-0.05, 0) is 156 Å². The van der Waals surface area contributed by atoms with Crippen LogP contribution in [0.25, 0.3) is 61.0 Å². The van der Waals surface area contributed by atoms with Crippen molar-refractivity contribution in [2.75, 3.05) is 16.5 Å². The average molecular weight is 1060 g/mol. The van der Waals surface area contributed by atoms with Gasteiger partial charge in [0.05, 0.1) is 28.1 Å². The first-order chi connectivity index (χ1) is 38.1. The zero-order chi connectivity index (χ0) is 57.7. The highest BCUT2D eigenvalue weighted by Crippen LogP contribution is 2.53. The minimum Gasteiger partial charge on any atom is -0.457 e. The van der Waals surface area contributed by atoms with Gasteiger partial charge in [-0.25, -0.2) is 13.8 Å². The Balaban J connectivity index is 1.13. The number of benzene rings is 8. The largest absolute Gasteiger partial charge is 0.457 e. The van der Waals surface area contributed by atoms with E-state index in [0.29, 0.717) is 23.7 Å². The lowest BCUT2D eigenvalue weighted by molar-refractivity contribution is 0.483. The smallest absolute Gasteiger partial charge is 0.137 e. The fourth-order valence-corrected chi connectivity index (χ4v) is 11.3. The van der Waals surface area contributed by atoms with E-state index < -0.39 is 17.5 Å². The lowest BCUT2D eigenvalue weighted by Gasteiger charge is -2.32. The predicted molar refractivity (Wildman–Crippen MR) is 332 cm³/mol. The number of para-hydroxylation sites is 3. The van der Waals surface area contributed by atoms with E-state index in [1.807, 2.05) is 44.3 Å². The van der Waals surface area contributed by atoms with Crippen LogP contribution in [0.1, 0.15) is 132 Å². The van der Waals surface area contributed by atoms with Gasteiger partial charge in [-0.15, -0.1) is 0 Å². The molecule has 0 unspecified atom stereocenters. The van der Waals surface area contributed by atoms with Crippen molar-refractivity contribution in [1.29, 1.82) is 0 Å². The van der Waals surface area contributed by atoms with E-state index in [4.69, 9.17) is 9.72 Å². The Morgan fingerprint density at radius 2 is 1.02 bits per heavy atom. The molecule has 8 aromatic carbocycles. The minimum absolute atomic E-state index is 0.0789. The first-order valence-electron chi connectivity index (χ1n) is 28.5. The molecule has 1 aliphatic rings. The van der Waals surface area contributed by atoms with Crippen molar-refractivity contribution in [3.63, 3.8) is 0 Å². The molecule has 2 aromatic heterocycles. The number of pyridine rings is 1. The van der Waals surface area contributed by atoms with Crippen LogP contribution in [0.4, 0.5) is 31.5 Å². The van der Waals surface area contributed by atoms with Crippen LogP contribution in [0.5, 0.6) is 11.5 Å². The summed E-state index contributed by atoms with van der Waals surface area (Å²) in [5.41, 5.74) is 15.4. The normalized spacial score (nSPS) is 13.6. The summed E-state index contributed by atoms with van der Waals surface area (Å²) in [4.78, 5) is 9.57. The minimum atomic E-state index is -0.916. The van der Waals surface area contributed by atoms with Crippen LogP contribution in [0.15, 0.2) is 176 Å². The number of halogens is 2. The fourth-order valence-electron chi connectivity index (χ4n) is 11.3. The molecule has 5 nitrogen and oxygen atoms in total. The Hall–Kier alpha value is -8.03. The molecule has 0 radical (unpaired) electrons. The summed E-state index contributed by atoms with van der Waals surface area (Å²) in [6, 6.07) is 57.2. The molecule has 0 atom stereocenters. The van der Waals surface area contributed by atoms with Crippen molar-refractivity contribution in [3.05, 3.63) is 216 Å². The zero-order valence-electron chi connectivity index (χ0n) is 49.9. The predicted octanol–water partition coefficient (Wildman–Crippen LogP) is 20.8. The second-order valence-electron chi connectivity index (χ2n) is 26.2. The van der Waals surface area contributed by atoms with Crippen molar-refractivity contribution in [3.8, 4) is 50.7 Å². The molecule has 1 aliphatic heterocycles. The first kappa shape index (κ1) is 52.7. The number of hydrogen-bond donors (Lipinski definition) is 0. The van der Waals surface area contributed by atoms with Crippen molar-refractivity contribution in [2.24, 2.45) is 0 Å². The highest BCUT2D eigenvalue weighted by atomic mass is 19.1. The topological polar surface area (TPSA) is 33.5 Å². The summed E-state index contributed by atoms with van der Waals surface area (Å²) in [5.74, 6) is -0.0900. The third kappa shape index (κ3) is 10.3. The highest BCUT2D eigenvalue weighted by Gasteiger charge is 2.34. The quantitative estimate of drug-likeness (QED) is 0.144. The van der Waals surface area contributed by atoms with Crippen LogP contribution in [-0.2, 0) is 21.7 Å². The van der Waals surface area contributed by atoms with E-state index in [0.717, 1.165) is 95.4 Å². The summed E-state index contributed by atoms with van der Waals surface area (Å²) in [6.07, 6.45) is 1.90. The molecule has 0 saturated carbocycles. The molecule has 406 valence electrons. The van der Waals surface area contributed by atoms with Crippen LogP contribution in [0.2, 0.25) is 0 Å². The molecule has 80 heavy (non-hydrogen) atoms. The van der Waals surface area contributed by atoms with E-state index in [1.165, 1.54) is 28.8 Å². The van der Waals surface area contributed by atoms with Gasteiger partial charge in [-0.1, -0.05) is 170 Å². The molecule has 0 saturated heterocycles. The monoisotopic (exact) mass is 1060 g/mol. The molecule has 7 heteroatoms. The number of ether oxygens (including phenoxy) is 1. The lowest BCUT2D eigenvalue weighted by atomic mass is 9.77. The van der Waals surface area contributed by atoms with Gasteiger partial charge in [-0.2, -0.15) is 0 Å². The Morgan fingerprint density at radius 3 is 1.66 bits per heavy atom. The molecule has 0 aliphatic carbocycles. The van der Waals surface area contributed by atoms with Crippen LogP contribution in [-0.4, -0.2) is 16.2 Å². The fraction of sp³-hybridized carbons (Fsp3) is 0.274. The standard InChI is InChI=1S/C73H74F2N4O/c1-45(2)58-21-15-16-22-59(58)48-35-55(42-57(36-48)80-56-27-28-61-60-23-17-18-24-64(60)79(67(61)43-56)68-40-49(29-30-76-68)70(3,4)5)77-44-78(66-26-20-19-25-65(66)77)69-62(46-31-50(71(6,7)8)37-51(32-46)72(9,10)11)38-52(73(12,13)14)39-63(69)47-33-53(74)41-54(75)34-47/h15-43,45H,44H2,1-14H3/i45D. The molecule has 0 fully saturated rings. The van der Waals surface area contributed by atoms with Crippen LogP contribution in [0, 0.1) is 11.6 Å². The number of rotatable bonds is 9. The van der Waals surface area contributed by atoms with Crippen LogP contribution in [0.3, 0.4) is 0 Å². The zero-order valence-corrected chi connectivity index (χ0v) is 48.9. The van der Waals surface area contributed by atoms with Crippen molar-refractivity contribution < 1.29 is 14.9 Å². The number of hydrogen-bond acceptors (Lipinski definition) is 4. The molecule has 0 bridgehead atoms. The average Bonchev–Trinajstić information content (AvgIpc) is 4.18. The molecule has 10 aromatic rings. The molecular formula is C73H74F2N4O. The number of aromatic nitrogens is 2. The van der Waals surface area contributed by atoms with E-state index in [2.05, 4.69) is 225 Å². The Labute approximate surface area is 473 Å². The van der Waals surface area contributed by atoms with E-state index >= 15 is 8.78 Å². The van der Waals surface area contributed by atoms with Gasteiger partial charge in [0.2, 0.25) is 0 Å². The Morgan fingerprint density at radius 1 is 0.475 bits per heavy atom. The van der Waals surface area contributed by atoms with Gasteiger partial charge in [0.15, 0.2) is 0 Å². The number of anilines is 4. The van der Waals surface area contributed by atoms with Gasteiger partial charge in [0, 0.05) is 53.4 Å². The van der Waals surface area contributed by atoms with Gasteiger partial charge in [0.1, 0.15) is 35.6 Å². The van der Waals surface area contributed by atoms with Crippen LogP contribution >= 0.6 is 0 Å². The maximum absolute atomic E-state index is 15.7. The Kier molecular flexibility index (Phi) is 13.1. The summed E-state index contributed by atoms with van der Waals surface area (Å²) < 4.78 is 50.2. The van der Waals surface area contributed by atoms with Gasteiger partial charge in [-0.3, -0.25) is 4.57 Å². The second-order valence-corrected chi connectivity index (χ2v) is 26.2. The molecule has 0 N–H and O–H groups in total. The van der Waals surface area contributed by atoms with Crippen molar-refractivity contribution >= 4 is 44.6 Å². The van der Waals surface area contributed by atoms with E-state index in [9.17, 15) is 1.37 Å².